The van der Waals surface area contributed by atoms with Crippen LogP contribution in [-0.4, -0.2) is 54.6 Å². The number of para-hydroxylation sites is 1. The van der Waals surface area contributed by atoms with Crippen molar-refractivity contribution >= 4 is 34.2 Å². The minimum absolute atomic E-state index is 0.160. The summed E-state index contributed by atoms with van der Waals surface area (Å²) in [6.07, 6.45) is 4.86. The zero-order chi connectivity index (χ0) is 29.8. The number of hydrogen-bond acceptors (Lipinski definition) is 9. The first-order valence-electron chi connectivity index (χ1n) is 14.9. The number of rotatable bonds is 7. The predicted octanol–water partition coefficient (Wildman–Crippen LogP) is 5.71. The number of aromatic nitrogens is 5. The number of likely N-dealkylation sites (tertiary alicyclic amines) is 1. The molecule has 0 amide bonds. The molecule has 3 aliphatic rings. The van der Waals surface area contributed by atoms with Gasteiger partial charge in [0.05, 0.1) is 35.2 Å². The molecule has 2 atom stereocenters. The van der Waals surface area contributed by atoms with Crippen molar-refractivity contribution in [3.05, 3.63) is 86.5 Å². The fourth-order valence-corrected chi connectivity index (χ4v) is 7.03. The molecule has 0 unspecified atom stereocenters. The number of nitrogens with one attached hydrogen (secondary N) is 1. The number of hydrogen-bond donors (Lipinski definition) is 1. The largest absolute Gasteiger partial charge is 0.443 e. The van der Waals surface area contributed by atoms with Crippen LogP contribution < -0.4 is 14.3 Å². The van der Waals surface area contributed by atoms with Crippen LogP contribution in [0.25, 0.3) is 22.4 Å². The van der Waals surface area contributed by atoms with Gasteiger partial charge in [0, 0.05) is 42.4 Å². The van der Waals surface area contributed by atoms with Crippen LogP contribution >= 0.6 is 23.1 Å². The van der Waals surface area contributed by atoms with Crippen molar-refractivity contribution < 1.29 is 14.2 Å². The van der Waals surface area contributed by atoms with Crippen molar-refractivity contribution in [3.8, 4) is 22.9 Å². The van der Waals surface area contributed by atoms with Gasteiger partial charge in [0.1, 0.15) is 11.5 Å². The Hall–Kier alpha value is -3.77. The first-order valence-corrected chi connectivity index (χ1v) is 16.1. The summed E-state index contributed by atoms with van der Waals surface area (Å²) in [5, 5.41) is 0.574. The van der Waals surface area contributed by atoms with E-state index >= 15 is 0 Å². The molecule has 12 heteroatoms. The van der Waals surface area contributed by atoms with Crippen LogP contribution in [0.5, 0.6) is 11.5 Å². The van der Waals surface area contributed by atoms with Crippen molar-refractivity contribution in [2.45, 2.75) is 57.1 Å². The zero-order valence-corrected chi connectivity index (χ0v) is 25.7. The van der Waals surface area contributed by atoms with Gasteiger partial charge in [0.15, 0.2) is 17.3 Å². The molecule has 44 heavy (non-hydrogen) atoms. The maximum atomic E-state index is 11.7. The molecule has 0 spiro atoms. The molecule has 0 aliphatic carbocycles. The van der Waals surface area contributed by atoms with Crippen LogP contribution in [-0.2, 0) is 23.6 Å². The van der Waals surface area contributed by atoms with E-state index in [1.165, 1.54) is 5.56 Å². The third kappa shape index (κ3) is 5.07. The van der Waals surface area contributed by atoms with Gasteiger partial charge in [-0.3, -0.25) is 19.7 Å². The Kier molecular flexibility index (Phi) is 6.93. The number of H-pyrrole nitrogens is 1. The van der Waals surface area contributed by atoms with Gasteiger partial charge in [-0.05, 0) is 74.7 Å². The number of halogens is 1. The number of nitrogens with zero attached hydrogens (tertiary/aromatic N) is 5. The fraction of sp³-hybridized carbons (Fsp3) is 0.375. The molecule has 8 rings (SSSR count). The molecule has 226 valence electrons. The lowest BCUT2D eigenvalue weighted by atomic mass is 9.88. The van der Waals surface area contributed by atoms with Crippen LogP contribution in [0.2, 0.25) is 5.02 Å². The van der Waals surface area contributed by atoms with Gasteiger partial charge >= 0.3 is 4.87 Å². The van der Waals surface area contributed by atoms with Crippen LogP contribution in [0.1, 0.15) is 49.2 Å². The zero-order valence-electron chi connectivity index (χ0n) is 24.2. The van der Waals surface area contributed by atoms with Crippen LogP contribution in [0.3, 0.4) is 0 Å². The van der Waals surface area contributed by atoms with Gasteiger partial charge in [0.2, 0.25) is 0 Å². The molecule has 3 aliphatic heterocycles. The molecular formula is C32H31ClN6O4S. The average Bonchev–Trinajstić information content (AvgIpc) is 3.70. The Morgan fingerprint density at radius 1 is 1.11 bits per heavy atom. The summed E-state index contributed by atoms with van der Waals surface area (Å²) in [7, 11) is 0. The molecule has 10 nitrogen and oxygen atoms in total. The molecule has 0 saturated carbocycles. The van der Waals surface area contributed by atoms with Gasteiger partial charge in [-0.25, -0.2) is 4.98 Å². The van der Waals surface area contributed by atoms with Gasteiger partial charge in [-0.15, -0.1) is 0 Å². The molecule has 2 aromatic carbocycles. The van der Waals surface area contributed by atoms with Crippen LogP contribution in [0.4, 0.5) is 0 Å². The fourth-order valence-electron chi connectivity index (χ4n) is 6.45. The minimum atomic E-state index is -0.998. The van der Waals surface area contributed by atoms with E-state index < -0.39 is 5.79 Å². The Bertz CT molecular complexity index is 1890. The average molecular weight is 631 g/mol. The normalized spacial score (nSPS) is 22.0. The summed E-state index contributed by atoms with van der Waals surface area (Å²) in [5.41, 5.74) is 4.71. The first kappa shape index (κ1) is 27.8. The van der Waals surface area contributed by atoms with E-state index in [-0.39, 0.29) is 11.0 Å². The van der Waals surface area contributed by atoms with E-state index in [0.717, 1.165) is 97.5 Å². The summed E-state index contributed by atoms with van der Waals surface area (Å²) < 4.78 is 25.2. The SMILES string of the molecule is C[C@]1(c2ccc(Cl)cn2)Oc2cccc(C3CCN(Cc4nc5ccc(-c6nsc(=O)[nH]6)cc5n4C[C@@H]4CCO4)CC3)c2O1. The highest BCUT2D eigenvalue weighted by atomic mass is 35.5. The Morgan fingerprint density at radius 3 is 2.70 bits per heavy atom. The van der Waals surface area contributed by atoms with E-state index in [9.17, 15) is 4.79 Å². The molecule has 6 heterocycles. The van der Waals surface area contributed by atoms with E-state index in [4.69, 9.17) is 30.8 Å². The molecule has 2 fully saturated rings. The topological polar surface area (TPSA) is 107 Å². The highest BCUT2D eigenvalue weighted by Gasteiger charge is 2.42. The third-order valence-corrected chi connectivity index (χ3v) is 9.68. The number of fused-ring (bicyclic) bond motifs is 2. The standard InChI is InChI=1S/C32H31ClN6O4S/c1-32(27-8-6-21(33)16-34-27)42-26-4-2-3-23(29(26)43-32)19-9-12-38(13-10-19)18-28-35-24-7-5-20(30-36-31(40)44-37-30)15-25(24)39(28)17-22-11-14-41-22/h2-8,15-16,19,22H,9-14,17-18H2,1H3,(H,36,37,40)/t22-,32-/m0/s1. The molecular weight excluding hydrogens is 600 g/mol. The van der Waals surface area contributed by atoms with E-state index in [1.54, 1.807) is 12.3 Å². The maximum absolute atomic E-state index is 11.7. The quantitative estimate of drug-likeness (QED) is 0.244. The summed E-state index contributed by atoms with van der Waals surface area (Å²) in [6, 6.07) is 15.9. The van der Waals surface area contributed by atoms with E-state index in [0.29, 0.717) is 22.5 Å². The van der Waals surface area contributed by atoms with Crippen molar-refractivity contribution in [2.75, 3.05) is 19.7 Å². The van der Waals surface area contributed by atoms with Crippen molar-refractivity contribution in [1.29, 1.82) is 0 Å². The minimum Gasteiger partial charge on any atom is -0.443 e. The number of ether oxygens (including phenoxy) is 3. The monoisotopic (exact) mass is 630 g/mol. The van der Waals surface area contributed by atoms with Gasteiger partial charge in [0.25, 0.3) is 5.79 Å². The molecule has 1 N–H and O–H groups in total. The Balaban J connectivity index is 1.00. The summed E-state index contributed by atoms with van der Waals surface area (Å²) in [4.78, 5) is 26.4. The van der Waals surface area contributed by atoms with Gasteiger partial charge in [-0.2, -0.15) is 4.37 Å². The highest BCUT2D eigenvalue weighted by Crippen LogP contribution is 2.49. The van der Waals surface area contributed by atoms with Crippen LogP contribution in [0, 0.1) is 0 Å². The molecule has 0 radical (unpaired) electrons. The van der Waals surface area contributed by atoms with Crippen molar-refractivity contribution in [3.63, 3.8) is 0 Å². The smallest absolute Gasteiger partial charge is 0.323 e. The summed E-state index contributed by atoms with van der Waals surface area (Å²) in [6.45, 7) is 6.10. The summed E-state index contributed by atoms with van der Waals surface area (Å²) in [5.74, 6) is 2.53. The number of imidazole rings is 1. The van der Waals surface area contributed by atoms with Crippen molar-refractivity contribution in [2.24, 2.45) is 0 Å². The lowest BCUT2D eigenvalue weighted by Crippen LogP contribution is -2.35. The molecule has 5 aromatic rings. The van der Waals surface area contributed by atoms with E-state index in [1.807, 2.05) is 37.3 Å². The molecule has 3 aromatic heterocycles. The second-order valence-corrected chi connectivity index (χ2v) is 13.0. The lowest BCUT2D eigenvalue weighted by Gasteiger charge is -2.33. The maximum Gasteiger partial charge on any atom is 0.323 e. The second-order valence-electron chi connectivity index (χ2n) is 11.8. The third-order valence-electron chi connectivity index (χ3n) is 8.92. The predicted molar refractivity (Wildman–Crippen MR) is 167 cm³/mol. The van der Waals surface area contributed by atoms with Crippen LogP contribution in [0.15, 0.2) is 59.5 Å². The lowest BCUT2D eigenvalue weighted by molar-refractivity contribution is -0.0722. The van der Waals surface area contributed by atoms with E-state index in [2.05, 4.69) is 35.9 Å². The Labute approximate surface area is 262 Å². The first-order chi connectivity index (χ1) is 21.4. The number of benzene rings is 2. The summed E-state index contributed by atoms with van der Waals surface area (Å²) >= 11 is 6.99. The number of pyridine rings is 1. The molecule has 2 saturated heterocycles. The Morgan fingerprint density at radius 2 is 1.98 bits per heavy atom. The second kappa shape index (κ2) is 11.0. The highest BCUT2D eigenvalue weighted by molar-refractivity contribution is 7.03. The van der Waals surface area contributed by atoms with Crippen molar-refractivity contribution in [1.82, 2.24) is 28.8 Å². The number of aromatic amines is 1. The van der Waals surface area contributed by atoms with Gasteiger partial charge < -0.3 is 18.8 Å². The van der Waals surface area contributed by atoms with Gasteiger partial charge in [-0.1, -0.05) is 23.7 Å². The number of piperidine rings is 1. The molecule has 0 bridgehead atoms.